The largest absolute Gasteiger partial charge is 0.490 e. The number of allylic oxidation sites excluding steroid dienone is 4. The van der Waals surface area contributed by atoms with E-state index in [1.807, 2.05) is 13.0 Å². The molecule has 3 aliphatic rings. The highest BCUT2D eigenvalue weighted by Gasteiger charge is 2.34. The Labute approximate surface area is 208 Å². The highest BCUT2D eigenvalue weighted by molar-refractivity contribution is 5.34. The third kappa shape index (κ3) is 5.97. The Balaban J connectivity index is 1.28. The highest BCUT2D eigenvalue weighted by Crippen LogP contribution is 2.44. The molecule has 5 heteroatoms. The molecule has 2 fully saturated rings. The maximum atomic E-state index is 14.9. The predicted molar refractivity (Wildman–Crippen MR) is 133 cm³/mol. The maximum Gasteiger partial charge on any atom is 0.200 e. The van der Waals surface area contributed by atoms with Crippen LogP contribution in [0.2, 0.25) is 0 Å². The topological polar surface area (TPSA) is 9.23 Å². The van der Waals surface area contributed by atoms with Crippen LogP contribution in [-0.4, -0.2) is 6.61 Å². The molecule has 1 unspecified atom stereocenters. The highest BCUT2D eigenvalue weighted by atomic mass is 19.2. The third-order valence-electron chi connectivity index (χ3n) is 8.83. The number of hydrogen-bond donors (Lipinski definition) is 0. The van der Waals surface area contributed by atoms with E-state index >= 15 is 0 Å². The molecule has 1 atom stereocenters. The summed E-state index contributed by atoms with van der Waals surface area (Å²) in [5.74, 6) is -2.13. The molecular weight excluding hydrogens is 452 g/mol. The number of ether oxygens (including phenoxy) is 1. The van der Waals surface area contributed by atoms with Gasteiger partial charge in [0.1, 0.15) is 5.83 Å². The lowest BCUT2D eigenvalue weighted by Crippen LogP contribution is -2.26. The molecule has 4 rings (SSSR count). The Kier molecular flexibility index (Phi) is 8.99. The van der Waals surface area contributed by atoms with Crippen molar-refractivity contribution in [2.45, 2.75) is 96.8 Å². The molecule has 0 amide bonds. The van der Waals surface area contributed by atoms with Crippen LogP contribution in [0.1, 0.15) is 102 Å². The summed E-state index contributed by atoms with van der Waals surface area (Å²) in [6, 6.07) is 3.28. The van der Waals surface area contributed by atoms with Crippen molar-refractivity contribution in [2.24, 2.45) is 23.7 Å². The van der Waals surface area contributed by atoms with E-state index in [0.717, 1.165) is 64.2 Å². The van der Waals surface area contributed by atoms with Crippen LogP contribution in [0.15, 0.2) is 35.4 Å². The van der Waals surface area contributed by atoms with Gasteiger partial charge in [0.25, 0.3) is 0 Å². The molecule has 0 radical (unpaired) electrons. The Morgan fingerprint density at radius 1 is 0.829 bits per heavy atom. The van der Waals surface area contributed by atoms with Crippen LogP contribution < -0.4 is 4.74 Å². The summed E-state index contributed by atoms with van der Waals surface area (Å²) in [5, 5.41) is 0. The maximum absolute atomic E-state index is 14.9. The first kappa shape index (κ1) is 26.3. The van der Waals surface area contributed by atoms with Gasteiger partial charge >= 0.3 is 0 Å². The van der Waals surface area contributed by atoms with Gasteiger partial charge in [0.15, 0.2) is 17.4 Å². The number of benzene rings is 1. The molecule has 0 saturated heterocycles. The predicted octanol–water partition coefficient (Wildman–Crippen LogP) is 9.73. The normalized spacial score (nSPS) is 29.8. The fourth-order valence-corrected chi connectivity index (χ4v) is 6.48. The average Bonchev–Trinajstić information content (AvgIpc) is 2.88. The Morgan fingerprint density at radius 2 is 1.51 bits per heavy atom. The van der Waals surface area contributed by atoms with Crippen LogP contribution in [0.5, 0.6) is 5.75 Å². The summed E-state index contributed by atoms with van der Waals surface area (Å²) in [6.45, 7) is 4.48. The second kappa shape index (κ2) is 12.0. The Hall–Kier alpha value is -1.78. The second-order valence-electron chi connectivity index (χ2n) is 11.0. The molecule has 1 nitrogen and oxygen atoms in total. The van der Waals surface area contributed by atoms with Crippen molar-refractivity contribution < 1.29 is 22.3 Å². The van der Waals surface area contributed by atoms with Crippen LogP contribution >= 0.6 is 0 Å². The minimum Gasteiger partial charge on any atom is -0.490 e. The van der Waals surface area contributed by atoms with Gasteiger partial charge in [-0.2, -0.15) is 4.39 Å². The van der Waals surface area contributed by atoms with Crippen molar-refractivity contribution in [2.75, 3.05) is 6.61 Å². The zero-order chi connectivity index (χ0) is 24.9. The summed E-state index contributed by atoms with van der Waals surface area (Å²) in [7, 11) is 0. The SMILES string of the molecule is CCCC1=CCC(C2CCC(COc3ccc(C4CCC(CC)CC4)c(F)c3F)CC2)C(F)=C1F. The van der Waals surface area contributed by atoms with Crippen LogP contribution in [0.3, 0.4) is 0 Å². The van der Waals surface area contributed by atoms with Crippen molar-refractivity contribution in [3.05, 3.63) is 52.6 Å². The number of hydrogen-bond acceptors (Lipinski definition) is 1. The fourth-order valence-electron chi connectivity index (χ4n) is 6.48. The molecule has 194 valence electrons. The van der Waals surface area contributed by atoms with Crippen LogP contribution in [0.4, 0.5) is 17.6 Å². The molecule has 1 aromatic carbocycles. The van der Waals surface area contributed by atoms with E-state index in [9.17, 15) is 17.6 Å². The summed E-state index contributed by atoms with van der Waals surface area (Å²) in [4.78, 5) is 0. The lowest BCUT2D eigenvalue weighted by atomic mass is 9.73. The van der Waals surface area contributed by atoms with Gasteiger partial charge in [-0.3, -0.25) is 0 Å². The molecule has 3 aliphatic carbocycles. The second-order valence-corrected chi connectivity index (χ2v) is 11.0. The van der Waals surface area contributed by atoms with Gasteiger partial charge in [-0.25, -0.2) is 13.2 Å². The van der Waals surface area contributed by atoms with Crippen LogP contribution in [-0.2, 0) is 0 Å². The van der Waals surface area contributed by atoms with E-state index in [0.29, 0.717) is 36.5 Å². The summed E-state index contributed by atoms with van der Waals surface area (Å²) in [6.07, 6.45) is 12.2. The first-order chi connectivity index (χ1) is 16.9. The van der Waals surface area contributed by atoms with Crippen LogP contribution in [0, 0.1) is 35.3 Å². The summed E-state index contributed by atoms with van der Waals surface area (Å²) < 4.78 is 64.5. The molecule has 0 heterocycles. The standard InChI is InChI=1S/C30H40F4O/c1-3-5-23-14-15-24(28(32)27(23)31)22-12-8-20(9-13-22)18-35-26-17-16-25(29(33)30(26)34)21-10-6-19(4-2)7-11-21/h14,16-17,19-22,24H,3-13,15,18H2,1-2H3. The first-order valence-electron chi connectivity index (χ1n) is 13.8. The summed E-state index contributed by atoms with van der Waals surface area (Å²) in [5.41, 5.74) is 0.994. The Morgan fingerprint density at radius 3 is 2.17 bits per heavy atom. The van der Waals surface area contributed by atoms with Gasteiger partial charge in [-0.05, 0) is 105 Å². The van der Waals surface area contributed by atoms with Crippen molar-refractivity contribution in [1.82, 2.24) is 0 Å². The number of rotatable bonds is 8. The molecule has 0 aliphatic heterocycles. The van der Waals surface area contributed by atoms with Crippen LogP contribution in [0.25, 0.3) is 0 Å². The van der Waals surface area contributed by atoms with Crippen molar-refractivity contribution >= 4 is 0 Å². The lowest BCUT2D eigenvalue weighted by molar-refractivity contribution is 0.150. The van der Waals surface area contributed by atoms with E-state index in [4.69, 9.17) is 4.74 Å². The summed E-state index contributed by atoms with van der Waals surface area (Å²) >= 11 is 0. The number of halogens is 4. The molecule has 35 heavy (non-hydrogen) atoms. The van der Waals surface area contributed by atoms with Gasteiger partial charge < -0.3 is 4.74 Å². The lowest BCUT2D eigenvalue weighted by Gasteiger charge is -2.34. The molecule has 1 aromatic rings. The zero-order valence-electron chi connectivity index (χ0n) is 21.2. The van der Waals surface area contributed by atoms with E-state index < -0.39 is 23.3 Å². The van der Waals surface area contributed by atoms with Gasteiger partial charge in [0, 0.05) is 5.92 Å². The van der Waals surface area contributed by atoms with Gasteiger partial charge in [-0.15, -0.1) is 0 Å². The van der Waals surface area contributed by atoms with E-state index in [2.05, 4.69) is 6.92 Å². The molecule has 0 N–H and O–H groups in total. The van der Waals surface area contributed by atoms with E-state index in [1.54, 1.807) is 12.1 Å². The van der Waals surface area contributed by atoms with E-state index in [1.165, 1.54) is 0 Å². The minimum absolute atomic E-state index is 0.0208. The molecule has 2 saturated carbocycles. The average molecular weight is 493 g/mol. The molecule has 0 spiro atoms. The fraction of sp³-hybridized carbons (Fsp3) is 0.667. The quantitative estimate of drug-likeness (QED) is 0.328. The zero-order valence-corrected chi connectivity index (χ0v) is 21.2. The van der Waals surface area contributed by atoms with E-state index in [-0.39, 0.29) is 29.4 Å². The molecule has 0 aromatic heterocycles. The van der Waals surface area contributed by atoms with Crippen molar-refractivity contribution in [3.63, 3.8) is 0 Å². The Bertz CT molecular complexity index is 921. The molecule has 0 bridgehead atoms. The minimum atomic E-state index is -0.881. The first-order valence-corrected chi connectivity index (χ1v) is 13.8. The third-order valence-corrected chi connectivity index (χ3v) is 8.83. The smallest absolute Gasteiger partial charge is 0.200 e. The van der Waals surface area contributed by atoms with Gasteiger partial charge in [0.05, 0.1) is 6.61 Å². The van der Waals surface area contributed by atoms with Gasteiger partial charge in [0.2, 0.25) is 5.82 Å². The molecular formula is C30H40F4O. The monoisotopic (exact) mass is 492 g/mol. The van der Waals surface area contributed by atoms with Crippen molar-refractivity contribution in [1.29, 1.82) is 0 Å². The van der Waals surface area contributed by atoms with Gasteiger partial charge in [-0.1, -0.05) is 38.8 Å². The van der Waals surface area contributed by atoms with Crippen molar-refractivity contribution in [3.8, 4) is 5.75 Å².